The summed E-state index contributed by atoms with van der Waals surface area (Å²) in [5.74, 6) is 0.663. The molecular weight excluding hydrogens is 274 g/mol. The molecule has 3 aromatic rings. The Hall–Kier alpha value is -2.79. The first-order chi connectivity index (χ1) is 9.85. The average molecular weight is 281 g/mol. The third kappa shape index (κ3) is 2.62. The highest BCUT2D eigenvalue weighted by Crippen LogP contribution is 2.23. The van der Waals surface area contributed by atoms with Gasteiger partial charge in [0, 0.05) is 18.0 Å². The Morgan fingerprint density at radius 1 is 1.10 bits per heavy atom. The van der Waals surface area contributed by atoms with Crippen molar-refractivity contribution in [1.29, 1.82) is 5.26 Å². The van der Waals surface area contributed by atoms with Crippen LogP contribution in [0.15, 0.2) is 46.8 Å². The van der Waals surface area contributed by atoms with Crippen LogP contribution in [0.4, 0.5) is 0 Å². The lowest BCUT2D eigenvalue weighted by molar-refractivity contribution is 0.904. The van der Waals surface area contributed by atoms with E-state index in [-0.39, 0.29) is 5.69 Å². The van der Waals surface area contributed by atoms with E-state index >= 15 is 0 Å². The minimum atomic E-state index is 0.279. The van der Waals surface area contributed by atoms with Gasteiger partial charge in [0.15, 0.2) is 11.5 Å². The van der Waals surface area contributed by atoms with Gasteiger partial charge in [-0.1, -0.05) is 0 Å². The molecule has 8 heteroatoms. The Kier molecular flexibility index (Phi) is 3.34. The number of aromatic amines is 1. The minimum Gasteiger partial charge on any atom is -0.265 e. The summed E-state index contributed by atoms with van der Waals surface area (Å²) >= 11 is 1.27. The normalized spacial score (nSPS) is 10.2. The SMILES string of the molecule is N#Cc1ccc(Sc2n[nH]c(-c3ccncc3)n2)nn1. The Bertz CT molecular complexity index is 745. The maximum atomic E-state index is 8.65. The van der Waals surface area contributed by atoms with E-state index in [0.29, 0.717) is 16.0 Å². The second-order valence-corrected chi connectivity index (χ2v) is 4.66. The molecule has 7 nitrogen and oxygen atoms in total. The van der Waals surface area contributed by atoms with E-state index in [9.17, 15) is 0 Å². The quantitative estimate of drug-likeness (QED) is 0.778. The molecule has 0 aromatic carbocycles. The molecule has 0 aliphatic carbocycles. The third-order valence-electron chi connectivity index (χ3n) is 2.37. The van der Waals surface area contributed by atoms with Gasteiger partial charge in [0.05, 0.1) is 0 Å². The highest BCUT2D eigenvalue weighted by Gasteiger charge is 2.08. The molecule has 0 radical (unpaired) electrons. The van der Waals surface area contributed by atoms with Crippen molar-refractivity contribution in [2.45, 2.75) is 10.2 Å². The Morgan fingerprint density at radius 3 is 2.65 bits per heavy atom. The van der Waals surface area contributed by atoms with Gasteiger partial charge < -0.3 is 0 Å². The van der Waals surface area contributed by atoms with Gasteiger partial charge in [-0.2, -0.15) is 5.26 Å². The molecule has 0 unspecified atom stereocenters. The fourth-order valence-corrected chi connectivity index (χ4v) is 2.09. The first-order valence-corrected chi connectivity index (χ1v) is 6.41. The van der Waals surface area contributed by atoms with Crippen LogP contribution in [0.2, 0.25) is 0 Å². The lowest BCUT2D eigenvalue weighted by Gasteiger charge is -1.94. The standard InChI is InChI=1S/C12H7N7S/c13-7-9-1-2-10(17-16-9)20-12-15-11(18-19-12)8-3-5-14-6-4-8/h1-6H,(H,15,18,19). The van der Waals surface area contributed by atoms with E-state index in [1.54, 1.807) is 24.5 Å². The number of rotatable bonds is 3. The number of nitrogens with zero attached hydrogens (tertiary/aromatic N) is 6. The molecule has 0 spiro atoms. The van der Waals surface area contributed by atoms with Gasteiger partial charge in [-0.25, -0.2) is 4.98 Å². The van der Waals surface area contributed by atoms with Crippen LogP contribution in [0.1, 0.15) is 5.69 Å². The summed E-state index contributed by atoms with van der Waals surface area (Å²) in [5.41, 5.74) is 1.19. The zero-order valence-corrected chi connectivity index (χ0v) is 10.9. The smallest absolute Gasteiger partial charge is 0.215 e. The molecule has 3 aromatic heterocycles. The molecule has 96 valence electrons. The second kappa shape index (κ2) is 5.46. The highest BCUT2D eigenvalue weighted by atomic mass is 32.2. The molecule has 0 aliphatic heterocycles. The van der Waals surface area contributed by atoms with Crippen LogP contribution >= 0.6 is 11.8 Å². The molecule has 0 bridgehead atoms. The first-order valence-electron chi connectivity index (χ1n) is 5.59. The minimum absolute atomic E-state index is 0.279. The molecule has 20 heavy (non-hydrogen) atoms. The van der Waals surface area contributed by atoms with E-state index in [0.717, 1.165) is 5.56 Å². The largest absolute Gasteiger partial charge is 0.265 e. The van der Waals surface area contributed by atoms with E-state index in [1.807, 2.05) is 18.2 Å². The summed E-state index contributed by atoms with van der Waals surface area (Å²) in [5, 5.41) is 24.4. The van der Waals surface area contributed by atoms with Crippen molar-refractivity contribution in [1.82, 2.24) is 30.4 Å². The van der Waals surface area contributed by atoms with Crippen molar-refractivity contribution in [3.05, 3.63) is 42.4 Å². The number of hydrogen-bond acceptors (Lipinski definition) is 7. The van der Waals surface area contributed by atoms with E-state index in [1.165, 1.54) is 11.8 Å². The van der Waals surface area contributed by atoms with E-state index in [2.05, 4.69) is 30.4 Å². The van der Waals surface area contributed by atoms with Crippen molar-refractivity contribution in [3.8, 4) is 17.5 Å². The van der Waals surface area contributed by atoms with Crippen LogP contribution in [-0.4, -0.2) is 30.4 Å². The number of nitrogens with one attached hydrogen (secondary N) is 1. The predicted octanol–water partition coefficient (Wildman–Crippen LogP) is 1.68. The Balaban J connectivity index is 1.79. The van der Waals surface area contributed by atoms with Gasteiger partial charge >= 0.3 is 0 Å². The van der Waals surface area contributed by atoms with Gasteiger partial charge in [-0.3, -0.25) is 10.1 Å². The maximum Gasteiger partial charge on any atom is 0.215 e. The molecule has 0 saturated carbocycles. The molecular formula is C12H7N7S. The third-order valence-corrected chi connectivity index (χ3v) is 3.16. The van der Waals surface area contributed by atoms with Crippen molar-refractivity contribution >= 4 is 11.8 Å². The van der Waals surface area contributed by atoms with Crippen LogP contribution in [0.3, 0.4) is 0 Å². The molecule has 0 aliphatic rings. The fourth-order valence-electron chi connectivity index (χ4n) is 1.46. The number of pyridine rings is 1. The predicted molar refractivity (Wildman–Crippen MR) is 70.5 cm³/mol. The highest BCUT2D eigenvalue weighted by molar-refractivity contribution is 7.99. The van der Waals surface area contributed by atoms with Crippen molar-refractivity contribution in [2.75, 3.05) is 0 Å². The van der Waals surface area contributed by atoms with Crippen LogP contribution < -0.4 is 0 Å². The van der Waals surface area contributed by atoms with Gasteiger partial charge in [0.1, 0.15) is 11.1 Å². The van der Waals surface area contributed by atoms with Crippen molar-refractivity contribution in [2.24, 2.45) is 0 Å². The average Bonchev–Trinajstić information content (AvgIpc) is 2.97. The van der Waals surface area contributed by atoms with Gasteiger partial charge in [-0.05, 0) is 36.0 Å². The van der Waals surface area contributed by atoms with Gasteiger partial charge in [-0.15, -0.1) is 15.3 Å². The molecule has 0 saturated heterocycles. The Morgan fingerprint density at radius 2 is 1.95 bits per heavy atom. The topological polar surface area (TPSA) is 104 Å². The molecule has 0 atom stereocenters. The molecule has 3 rings (SSSR count). The summed E-state index contributed by atoms with van der Waals surface area (Å²) < 4.78 is 0. The molecule has 3 heterocycles. The fraction of sp³-hybridized carbons (Fsp3) is 0. The first kappa shape index (κ1) is 12.3. The maximum absolute atomic E-state index is 8.65. The second-order valence-electron chi connectivity index (χ2n) is 3.67. The van der Waals surface area contributed by atoms with Crippen LogP contribution in [-0.2, 0) is 0 Å². The Labute approximate surface area is 118 Å². The zero-order valence-electron chi connectivity index (χ0n) is 10.1. The van der Waals surface area contributed by atoms with Gasteiger partial charge in [0.25, 0.3) is 0 Å². The molecule has 0 fully saturated rings. The summed E-state index contributed by atoms with van der Waals surface area (Å²) in [6.07, 6.45) is 3.38. The summed E-state index contributed by atoms with van der Waals surface area (Å²) in [6.45, 7) is 0. The lowest BCUT2D eigenvalue weighted by atomic mass is 10.3. The number of hydrogen-bond donors (Lipinski definition) is 1. The lowest BCUT2D eigenvalue weighted by Crippen LogP contribution is -1.89. The van der Waals surface area contributed by atoms with Crippen molar-refractivity contribution < 1.29 is 0 Å². The zero-order chi connectivity index (χ0) is 13.8. The summed E-state index contributed by atoms with van der Waals surface area (Å²) in [7, 11) is 0. The van der Waals surface area contributed by atoms with E-state index in [4.69, 9.17) is 5.26 Å². The number of nitriles is 1. The van der Waals surface area contributed by atoms with E-state index < -0.39 is 0 Å². The summed E-state index contributed by atoms with van der Waals surface area (Å²) in [6, 6.07) is 8.91. The molecule has 1 N–H and O–H groups in total. The monoisotopic (exact) mass is 281 g/mol. The van der Waals surface area contributed by atoms with Crippen LogP contribution in [0.5, 0.6) is 0 Å². The number of aromatic nitrogens is 6. The van der Waals surface area contributed by atoms with Crippen LogP contribution in [0.25, 0.3) is 11.4 Å². The van der Waals surface area contributed by atoms with Gasteiger partial charge in [0.2, 0.25) is 5.16 Å². The summed E-state index contributed by atoms with van der Waals surface area (Å²) in [4.78, 5) is 8.30. The molecule has 0 amide bonds. The van der Waals surface area contributed by atoms with Crippen LogP contribution in [0, 0.1) is 11.3 Å². The number of H-pyrrole nitrogens is 1. The van der Waals surface area contributed by atoms with Crippen molar-refractivity contribution in [3.63, 3.8) is 0 Å².